The molecule has 3 rings (SSSR count). The molecular formula is C18H18F2N2O3S. The van der Waals surface area contributed by atoms with Crippen LogP contribution in [-0.2, 0) is 15.8 Å². The molecule has 2 aromatic carbocycles. The van der Waals surface area contributed by atoms with Gasteiger partial charge in [0.1, 0.15) is 11.6 Å². The number of benzene rings is 2. The molecule has 138 valence electrons. The number of halogens is 2. The third kappa shape index (κ3) is 4.25. The zero-order valence-corrected chi connectivity index (χ0v) is 14.8. The van der Waals surface area contributed by atoms with Crippen LogP contribution >= 0.6 is 0 Å². The number of amides is 1. The van der Waals surface area contributed by atoms with Crippen LogP contribution in [0.4, 0.5) is 8.78 Å². The number of hydrogen-bond acceptors (Lipinski definition) is 3. The van der Waals surface area contributed by atoms with E-state index in [1.165, 1.54) is 46.8 Å². The highest BCUT2D eigenvalue weighted by Crippen LogP contribution is 2.16. The molecule has 0 spiro atoms. The van der Waals surface area contributed by atoms with Crippen LogP contribution in [0.2, 0.25) is 0 Å². The molecule has 0 radical (unpaired) electrons. The molecule has 0 aromatic heterocycles. The maximum absolute atomic E-state index is 13.2. The Morgan fingerprint density at radius 3 is 2.19 bits per heavy atom. The number of sulfonamides is 1. The maximum atomic E-state index is 13.2. The third-order valence-corrected chi connectivity index (χ3v) is 6.10. The normalized spacial score (nSPS) is 15.8. The predicted octanol–water partition coefficient (Wildman–Crippen LogP) is 2.25. The molecule has 0 unspecified atom stereocenters. The zero-order chi connectivity index (χ0) is 18.7. The van der Waals surface area contributed by atoms with Gasteiger partial charge in [-0.1, -0.05) is 12.1 Å². The molecule has 0 saturated carbocycles. The van der Waals surface area contributed by atoms with Gasteiger partial charge in [-0.25, -0.2) is 17.2 Å². The van der Waals surface area contributed by atoms with E-state index in [-0.39, 0.29) is 37.8 Å². The van der Waals surface area contributed by atoms with Crippen molar-refractivity contribution in [1.82, 2.24) is 9.21 Å². The zero-order valence-electron chi connectivity index (χ0n) is 13.9. The van der Waals surface area contributed by atoms with Gasteiger partial charge in [0.15, 0.2) is 0 Å². The van der Waals surface area contributed by atoms with Crippen LogP contribution in [0.1, 0.15) is 15.9 Å². The highest BCUT2D eigenvalue weighted by molar-refractivity contribution is 7.88. The number of rotatable bonds is 4. The summed E-state index contributed by atoms with van der Waals surface area (Å²) in [6, 6.07) is 10.7. The van der Waals surface area contributed by atoms with Crippen LogP contribution in [0.15, 0.2) is 48.5 Å². The lowest BCUT2D eigenvalue weighted by molar-refractivity contribution is 0.0697. The van der Waals surface area contributed by atoms with Crippen LogP contribution in [0.5, 0.6) is 0 Å². The van der Waals surface area contributed by atoms with Crippen molar-refractivity contribution in [1.29, 1.82) is 0 Å². The summed E-state index contributed by atoms with van der Waals surface area (Å²) >= 11 is 0. The van der Waals surface area contributed by atoms with Gasteiger partial charge in [-0.05, 0) is 42.0 Å². The highest BCUT2D eigenvalue weighted by atomic mass is 32.2. The first kappa shape index (κ1) is 18.5. The second-order valence-electron chi connectivity index (χ2n) is 6.08. The van der Waals surface area contributed by atoms with Crippen LogP contribution in [0, 0.1) is 11.6 Å². The Labute approximate surface area is 150 Å². The average Bonchev–Trinajstić information content (AvgIpc) is 2.61. The largest absolute Gasteiger partial charge is 0.336 e. The molecule has 26 heavy (non-hydrogen) atoms. The summed E-state index contributed by atoms with van der Waals surface area (Å²) in [5.41, 5.74) is 0.747. The Bertz CT molecular complexity index is 893. The van der Waals surface area contributed by atoms with Crippen LogP contribution in [0.3, 0.4) is 0 Å². The number of carbonyl (C=O) groups is 1. The first-order valence-electron chi connectivity index (χ1n) is 8.12. The van der Waals surface area contributed by atoms with E-state index >= 15 is 0 Å². The molecule has 1 amide bonds. The van der Waals surface area contributed by atoms with E-state index in [0.29, 0.717) is 11.1 Å². The van der Waals surface area contributed by atoms with Crippen molar-refractivity contribution in [2.45, 2.75) is 5.75 Å². The van der Waals surface area contributed by atoms with Crippen molar-refractivity contribution in [2.24, 2.45) is 0 Å². The van der Waals surface area contributed by atoms with Gasteiger partial charge in [-0.15, -0.1) is 0 Å². The number of hydrogen-bond donors (Lipinski definition) is 0. The van der Waals surface area contributed by atoms with Gasteiger partial charge < -0.3 is 4.90 Å². The predicted molar refractivity (Wildman–Crippen MR) is 92.9 cm³/mol. The summed E-state index contributed by atoms with van der Waals surface area (Å²) in [5.74, 6) is -1.44. The van der Waals surface area contributed by atoms with E-state index in [9.17, 15) is 22.0 Å². The molecule has 2 aromatic rings. The van der Waals surface area contributed by atoms with Crippen LogP contribution in [-0.4, -0.2) is 49.7 Å². The minimum Gasteiger partial charge on any atom is -0.336 e. The molecule has 1 aliphatic rings. The quantitative estimate of drug-likeness (QED) is 0.818. The lowest BCUT2D eigenvalue weighted by Crippen LogP contribution is -2.50. The van der Waals surface area contributed by atoms with E-state index in [0.717, 1.165) is 0 Å². The number of piperazine rings is 1. The topological polar surface area (TPSA) is 57.7 Å². The summed E-state index contributed by atoms with van der Waals surface area (Å²) in [7, 11) is -3.59. The maximum Gasteiger partial charge on any atom is 0.253 e. The summed E-state index contributed by atoms with van der Waals surface area (Å²) in [6.07, 6.45) is 0. The molecule has 0 bridgehead atoms. The van der Waals surface area contributed by atoms with Gasteiger partial charge in [0.2, 0.25) is 10.0 Å². The third-order valence-electron chi connectivity index (χ3n) is 4.25. The SMILES string of the molecule is O=C(c1ccc(F)cc1)N1CCN(S(=O)(=O)Cc2cccc(F)c2)CC1. The van der Waals surface area contributed by atoms with Crippen molar-refractivity contribution in [3.8, 4) is 0 Å². The fourth-order valence-corrected chi connectivity index (χ4v) is 4.38. The molecule has 8 heteroatoms. The molecule has 1 saturated heterocycles. The minimum atomic E-state index is -3.59. The first-order valence-corrected chi connectivity index (χ1v) is 9.73. The first-order chi connectivity index (χ1) is 12.3. The Balaban J connectivity index is 1.62. The van der Waals surface area contributed by atoms with Gasteiger partial charge in [0, 0.05) is 31.7 Å². The smallest absolute Gasteiger partial charge is 0.253 e. The lowest BCUT2D eigenvalue weighted by Gasteiger charge is -2.34. The monoisotopic (exact) mass is 380 g/mol. The summed E-state index contributed by atoms with van der Waals surface area (Å²) in [4.78, 5) is 13.9. The second kappa shape index (κ2) is 7.51. The minimum absolute atomic E-state index is 0.171. The van der Waals surface area contributed by atoms with Crippen molar-refractivity contribution in [2.75, 3.05) is 26.2 Å². The summed E-state index contributed by atoms with van der Waals surface area (Å²) < 4.78 is 52.5. The lowest BCUT2D eigenvalue weighted by atomic mass is 10.2. The van der Waals surface area contributed by atoms with E-state index < -0.39 is 21.7 Å². The molecule has 0 aliphatic carbocycles. The number of nitrogens with zero attached hydrogens (tertiary/aromatic N) is 2. The van der Waals surface area contributed by atoms with E-state index in [2.05, 4.69) is 0 Å². The second-order valence-corrected chi connectivity index (χ2v) is 8.05. The standard InChI is InChI=1S/C18H18F2N2O3S/c19-16-6-4-15(5-7-16)18(23)21-8-10-22(11-9-21)26(24,25)13-14-2-1-3-17(20)12-14/h1-7,12H,8-11,13H2. The van der Waals surface area contributed by atoms with Crippen LogP contribution in [0.25, 0.3) is 0 Å². The van der Waals surface area contributed by atoms with Gasteiger partial charge in [-0.2, -0.15) is 4.31 Å². The van der Waals surface area contributed by atoms with E-state index in [1.54, 1.807) is 11.0 Å². The molecule has 0 atom stereocenters. The molecule has 5 nitrogen and oxygen atoms in total. The molecule has 1 fully saturated rings. The van der Waals surface area contributed by atoms with E-state index in [4.69, 9.17) is 0 Å². The number of carbonyl (C=O) groups excluding carboxylic acids is 1. The molecule has 0 N–H and O–H groups in total. The Kier molecular flexibility index (Phi) is 5.33. The Hall–Kier alpha value is -2.32. The summed E-state index contributed by atoms with van der Waals surface area (Å²) in [5, 5.41) is 0. The van der Waals surface area contributed by atoms with E-state index in [1.807, 2.05) is 0 Å². The molecular weight excluding hydrogens is 362 g/mol. The summed E-state index contributed by atoms with van der Waals surface area (Å²) in [6.45, 7) is 0.840. The average molecular weight is 380 g/mol. The van der Waals surface area contributed by atoms with Crippen molar-refractivity contribution in [3.63, 3.8) is 0 Å². The van der Waals surface area contributed by atoms with Gasteiger partial charge in [-0.3, -0.25) is 4.79 Å². The molecule has 1 aliphatic heterocycles. The Morgan fingerprint density at radius 2 is 1.58 bits per heavy atom. The van der Waals surface area contributed by atoms with Gasteiger partial charge in [0.05, 0.1) is 5.75 Å². The van der Waals surface area contributed by atoms with Crippen molar-refractivity contribution < 1.29 is 22.0 Å². The van der Waals surface area contributed by atoms with Crippen LogP contribution < -0.4 is 0 Å². The Morgan fingerprint density at radius 1 is 0.923 bits per heavy atom. The van der Waals surface area contributed by atoms with Crippen molar-refractivity contribution >= 4 is 15.9 Å². The van der Waals surface area contributed by atoms with Gasteiger partial charge in [0.25, 0.3) is 5.91 Å². The highest BCUT2D eigenvalue weighted by Gasteiger charge is 2.29. The van der Waals surface area contributed by atoms with Gasteiger partial charge >= 0.3 is 0 Å². The fraction of sp³-hybridized carbons (Fsp3) is 0.278. The molecule has 1 heterocycles. The fourth-order valence-electron chi connectivity index (χ4n) is 2.87. The van der Waals surface area contributed by atoms with Crippen molar-refractivity contribution in [3.05, 3.63) is 71.3 Å².